The number of aromatic nitrogens is 1. The van der Waals surface area contributed by atoms with E-state index in [-0.39, 0.29) is 18.5 Å². The van der Waals surface area contributed by atoms with Gasteiger partial charge in [0.1, 0.15) is 10.8 Å². The molecule has 1 aromatic carbocycles. The van der Waals surface area contributed by atoms with E-state index in [2.05, 4.69) is 10.3 Å². The Morgan fingerprint density at radius 2 is 2.16 bits per heavy atom. The molecule has 1 atom stereocenters. The number of benzene rings is 1. The predicted molar refractivity (Wildman–Crippen MR) is 75.7 cm³/mol. The second-order valence-corrected chi connectivity index (χ2v) is 5.38. The van der Waals surface area contributed by atoms with Crippen LogP contribution in [0.15, 0.2) is 24.3 Å². The Morgan fingerprint density at radius 1 is 1.42 bits per heavy atom. The molecule has 1 aromatic heterocycles. The number of aliphatic hydroxyl groups is 1. The van der Waals surface area contributed by atoms with Gasteiger partial charge in [-0.3, -0.25) is 0 Å². The van der Waals surface area contributed by atoms with Gasteiger partial charge in [-0.05, 0) is 26.0 Å². The normalized spacial score (nSPS) is 12.6. The summed E-state index contributed by atoms with van der Waals surface area (Å²) in [4.78, 5) is 5.52. The summed E-state index contributed by atoms with van der Waals surface area (Å²) in [5.74, 6) is -0.251. The second-order valence-electron chi connectivity index (χ2n) is 4.35. The molecule has 0 amide bonds. The quantitative estimate of drug-likeness (QED) is 0.885. The first-order chi connectivity index (χ1) is 9.13. The lowest BCUT2D eigenvalue weighted by atomic mass is 10.2. The third-order valence-corrected chi connectivity index (χ3v) is 4.27. The molecule has 0 aliphatic heterocycles. The second kappa shape index (κ2) is 6.23. The van der Waals surface area contributed by atoms with Crippen molar-refractivity contribution in [1.29, 1.82) is 0 Å². The summed E-state index contributed by atoms with van der Waals surface area (Å²) in [6, 6.07) is 6.76. The van der Waals surface area contributed by atoms with Crippen LogP contribution >= 0.6 is 11.3 Å². The zero-order chi connectivity index (χ0) is 13.8. The van der Waals surface area contributed by atoms with Crippen LogP contribution in [0.4, 0.5) is 4.39 Å². The fraction of sp³-hybridized carbons (Fsp3) is 0.357. The number of aryl methyl sites for hydroxylation is 1. The Labute approximate surface area is 116 Å². The maximum Gasteiger partial charge on any atom is 0.133 e. The summed E-state index contributed by atoms with van der Waals surface area (Å²) in [5, 5.41) is 12.7. The minimum Gasteiger partial charge on any atom is -0.395 e. The van der Waals surface area contributed by atoms with Gasteiger partial charge in [-0.25, -0.2) is 9.37 Å². The van der Waals surface area contributed by atoms with Gasteiger partial charge in [0, 0.05) is 23.0 Å². The number of nitrogens with zero attached hydrogens (tertiary/aromatic N) is 1. The van der Waals surface area contributed by atoms with Crippen LogP contribution in [-0.4, -0.2) is 23.2 Å². The van der Waals surface area contributed by atoms with Crippen molar-refractivity contribution in [2.45, 2.75) is 19.9 Å². The molecule has 1 heterocycles. The standard InChI is InChI=1S/C14H17FN2OS/c1-9(16-7-8-18)13-10(2)17-14(19-13)11-5-3-4-6-12(11)15/h3-6,9,16,18H,7-8H2,1-2H3. The van der Waals surface area contributed by atoms with Gasteiger partial charge in [-0.15, -0.1) is 11.3 Å². The number of hydrogen-bond donors (Lipinski definition) is 2. The minimum absolute atomic E-state index is 0.0996. The highest BCUT2D eigenvalue weighted by atomic mass is 32.1. The van der Waals surface area contributed by atoms with E-state index in [0.29, 0.717) is 17.1 Å². The number of rotatable bonds is 5. The molecule has 2 aromatic rings. The van der Waals surface area contributed by atoms with Crippen LogP contribution in [0.25, 0.3) is 10.6 Å². The van der Waals surface area contributed by atoms with Crippen LogP contribution in [0.2, 0.25) is 0 Å². The lowest BCUT2D eigenvalue weighted by molar-refractivity contribution is 0.286. The van der Waals surface area contributed by atoms with Crippen molar-refractivity contribution < 1.29 is 9.50 Å². The van der Waals surface area contributed by atoms with E-state index in [1.54, 1.807) is 12.1 Å². The Hall–Kier alpha value is -1.30. The summed E-state index contributed by atoms with van der Waals surface area (Å²) in [6.07, 6.45) is 0. The zero-order valence-corrected chi connectivity index (χ0v) is 11.8. The SMILES string of the molecule is Cc1nc(-c2ccccc2F)sc1C(C)NCCO. The fourth-order valence-electron chi connectivity index (χ4n) is 1.93. The molecule has 0 spiro atoms. The summed E-state index contributed by atoms with van der Waals surface area (Å²) < 4.78 is 13.7. The van der Waals surface area contributed by atoms with Gasteiger partial charge in [-0.1, -0.05) is 12.1 Å². The maximum atomic E-state index is 13.7. The molecule has 2 rings (SSSR count). The molecule has 0 aliphatic carbocycles. The van der Waals surface area contributed by atoms with Crippen LogP contribution < -0.4 is 5.32 Å². The Kier molecular flexibility index (Phi) is 4.63. The summed E-state index contributed by atoms with van der Waals surface area (Å²) >= 11 is 1.49. The third kappa shape index (κ3) is 3.18. The van der Waals surface area contributed by atoms with Gasteiger partial charge >= 0.3 is 0 Å². The van der Waals surface area contributed by atoms with Gasteiger partial charge in [0.05, 0.1) is 12.3 Å². The molecule has 0 bridgehead atoms. The van der Waals surface area contributed by atoms with Gasteiger partial charge in [0.15, 0.2) is 0 Å². The minimum atomic E-state index is -0.251. The summed E-state index contributed by atoms with van der Waals surface area (Å²) in [6.45, 7) is 4.57. The largest absolute Gasteiger partial charge is 0.395 e. The molecule has 3 nitrogen and oxygen atoms in total. The highest BCUT2D eigenvalue weighted by Gasteiger charge is 2.16. The monoisotopic (exact) mass is 280 g/mol. The topological polar surface area (TPSA) is 45.2 Å². The summed E-state index contributed by atoms with van der Waals surface area (Å²) in [5.41, 5.74) is 1.44. The average Bonchev–Trinajstić information content (AvgIpc) is 2.78. The van der Waals surface area contributed by atoms with E-state index >= 15 is 0 Å². The molecule has 0 fully saturated rings. The van der Waals surface area contributed by atoms with Crippen molar-refractivity contribution in [3.8, 4) is 10.6 Å². The van der Waals surface area contributed by atoms with E-state index in [9.17, 15) is 4.39 Å². The van der Waals surface area contributed by atoms with Crippen molar-refractivity contribution >= 4 is 11.3 Å². The first-order valence-corrected chi connectivity index (χ1v) is 7.01. The third-order valence-electron chi connectivity index (χ3n) is 2.89. The first kappa shape index (κ1) is 14.1. The molecule has 0 saturated heterocycles. The molecule has 0 radical (unpaired) electrons. The van der Waals surface area contributed by atoms with Crippen molar-refractivity contribution in [3.63, 3.8) is 0 Å². The molecule has 102 valence electrons. The van der Waals surface area contributed by atoms with E-state index in [1.807, 2.05) is 19.9 Å². The molecular formula is C14H17FN2OS. The van der Waals surface area contributed by atoms with Gasteiger partial charge in [0.25, 0.3) is 0 Å². The van der Waals surface area contributed by atoms with Gasteiger partial charge in [-0.2, -0.15) is 0 Å². The van der Waals surface area contributed by atoms with E-state index in [1.165, 1.54) is 17.4 Å². The number of nitrogens with one attached hydrogen (secondary N) is 1. The molecule has 0 aliphatic rings. The lowest BCUT2D eigenvalue weighted by Crippen LogP contribution is -2.21. The smallest absolute Gasteiger partial charge is 0.133 e. The predicted octanol–water partition coefficient (Wildman–Crippen LogP) is 2.90. The number of thiazole rings is 1. The van der Waals surface area contributed by atoms with Crippen molar-refractivity contribution in [2.75, 3.05) is 13.2 Å². The van der Waals surface area contributed by atoms with Gasteiger partial charge in [0.2, 0.25) is 0 Å². The molecule has 0 saturated carbocycles. The van der Waals surface area contributed by atoms with Crippen LogP contribution in [0.1, 0.15) is 23.5 Å². The Bertz CT molecular complexity index is 556. The van der Waals surface area contributed by atoms with Crippen LogP contribution in [-0.2, 0) is 0 Å². The first-order valence-electron chi connectivity index (χ1n) is 6.20. The molecule has 2 N–H and O–H groups in total. The van der Waals surface area contributed by atoms with Crippen LogP contribution in [0, 0.1) is 12.7 Å². The molecule has 1 unspecified atom stereocenters. The van der Waals surface area contributed by atoms with Gasteiger partial charge < -0.3 is 10.4 Å². The zero-order valence-electron chi connectivity index (χ0n) is 11.0. The van der Waals surface area contributed by atoms with Crippen LogP contribution in [0.5, 0.6) is 0 Å². The lowest BCUT2D eigenvalue weighted by Gasteiger charge is -2.10. The summed E-state index contributed by atoms with van der Waals surface area (Å²) in [7, 11) is 0. The molecule has 19 heavy (non-hydrogen) atoms. The highest BCUT2D eigenvalue weighted by molar-refractivity contribution is 7.15. The van der Waals surface area contributed by atoms with Crippen LogP contribution in [0.3, 0.4) is 0 Å². The fourth-order valence-corrected chi connectivity index (χ4v) is 3.05. The van der Waals surface area contributed by atoms with Crippen molar-refractivity contribution in [1.82, 2.24) is 10.3 Å². The number of aliphatic hydroxyl groups excluding tert-OH is 1. The van der Waals surface area contributed by atoms with Crippen molar-refractivity contribution in [3.05, 3.63) is 40.7 Å². The molecular weight excluding hydrogens is 263 g/mol. The van der Waals surface area contributed by atoms with E-state index < -0.39 is 0 Å². The maximum absolute atomic E-state index is 13.7. The van der Waals surface area contributed by atoms with E-state index in [4.69, 9.17) is 5.11 Å². The van der Waals surface area contributed by atoms with E-state index in [0.717, 1.165) is 10.6 Å². The Balaban J connectivity index is 2.28. The molecule has 5 heteroatoms. The number of hydrogen-bond acceptors (Lipinski definition) is 4. The Morgan fingerprint density at radius 3 is 2.84 bits per heavy atom. The highest BCUT2D eigenvalue weighted by Crippen LogP contribution is 2.32. The van der Waals surface area contributed by atoms with Crippen molar-refractivity contribution in [2.24, 2.45) is 0 Å². The average molecular weight is 280 g/mol. The number of halogens is 1.